The largest absolute Gasteiger partial charge is 0.464 e. The average molecular weight is 950 g/mol. The van der Waals surface area contributed by atoms with Crippen molar-refractivity contribution in [3.63, 3.8) is 0 Å². The molecular formula is C46H63N9O11S. The molecule has 2 aromatic carbocycles. The summed E-state index contributed by atoms with van der Waals surface area (Å²) in [4.78, 5) is 81.3. The van der Waals surface area contributed by atoms with Gasteiger partial charge >= 0.3 is 12.1 Å². The number of amides is 4. The minimum Gasteiger partial charge on any atom is -0.464 e. The number of esters is 1. The quantitative estimate of drug-likeness (QED) is 0.0382. The third-order valence-corrected chi connectivity index (χ3v) is 11.6. The number of sulfonamides is 1. The van der Waals surface area contributed by atoms with Gasteiger partial charge in [-0.3, -0.25) is 19.2 Å². The molecule has 2 heterocycles. The Morgan fingerprint density at radius 3 is 2.07 bits per heavy atom. The number of methoxy groups -OCH3 is 1. The van der Waals surface area contributed by atoms with Gasteiger partial charge < -0.3 is 49.9 Å². The predicted octanol–water partition coefficient (Wildman–Crippen LogP) is 3.73. The van der Waals surface area contributed by atoms with E-state index in [-0.39, 0.29) is 53.6 Å². The van der Waals surface area contributed by atoms with Crippen LogP contribution in [0, 0.1) is 20.8 Å². The number of ether oxygens (including phenoxy) is 3. The number of benzene rings is 2. The molecule has 4 amide bonds. The molecule has 0 bridgehead atoms. The van der Waals surface area contributed by atoms with Gasteiger partial charge in [-0.05, 0) is 89.6 Å². The van der Waals surface area contributed by atoms with Gasteiger partial charge in [0.2, 0.25) is 23.2 Å². The van der Waals surface area contributed by atoms with Crippen LogP contribution in [0.3, 0.4) is 0 Å². The normalized spacial score (nSPS) is 11.8. The lowest BCUT2D eigenvalue weighted by Crippen LogP contribution is -2.37. The van der Waals surface area contributed by atoms with Crippen molar-refractivity contribution in [2.24, 2.45) is 11.4 Å². The average Bonchev–Trinajstić information content (AvgIpc) is 3.67. The summed E-state index contributed by atoms with van der Waals surface area (Å²) >= 11 is 0. The van der Waals surface area contributed by atoms with Gasteiger partial charge in [-0.25, -0.2) is 14.6 Å². The predicted molar refractivity (Wildman–Crippen MR) is 253 cm³/mol. The first-order chi connectivity index (χ1) is 31.7. The Morgan fingerprint density at radius 1 is 0.851 bits per heavy atom. The van der Waals surface area contributed by atoms with E-state index in [0.717, 1.165) is 18.2 Å². The second kappa shape index (κ2) is 24.8. The number of fused-ring (bicyclic) bond motifs is 1. The van der Waals surface area contributed by atoms with Crippen molar-refractivity contribution in [2.75, 3.05) is 51.8 Å². The second-order valence-electron chi connectivity index (χ2n) is 16.8. The molecule has 2 aromatic heterocycles. The van der Waals surface area contributed by atoms with Crippen LogP contribution in [-0.4, -0.2) is 110 Å². The summed E-state index contributed by atoms with van der Waals surface area (Å²) in [5.74, 6) is -1.95. The molecular weight excluding hydrogens is 887 g/mol. The molecule has 0 saturated heterocycles. The van der Waals surface area contributed by atoms with Gasteiger partial charge in [0.25, 0.3) is 15.9 Å². The van der Waals surface area contributed by atoms with Gasteiger partial charge in [0.15, 0.2) is 5.71 Å². The molecule has 21 heteroatoms. The van der Waals surface area contributed by atoms with E-state index in [1.807, 2.05) is 24.6 Å². The van der Waals surface area contributed by atoms with Crippen LogP contribution in [0.15, 0.2) is 63.0 Å². The molecule has 4 aromatic rings. The second-order valence-corrected chi connectivity index (χ2v) is 18.4. The molecule has 67 heavy (non-hydrogen) atoms. The number of nitrogens with zero attached hydrogens (tertiary/aromatic N) is 4. The summed E-state index contributed by atoms with van der Waals surface area (Å²) in [5, 5.41) is 14.2. The molecule has 0 radical (unpaired) electrons. The highest BCUT2D eigenvalue weighted by Gasteiger charge is 2.25. The maximum atomic E-state index is 13.9. The van der Waals surface area contributed by atoms with Crippen LogP contribution >= 0.6 is 0 Å². The number of pyridine rings is 1. The third-order valence-electron chi connectivity index (χ3n) is 9.99. The molecule has 0 saturated carbocycles. The van der Waals surface area contributed by atoms with Crippen molar-refractivity contribution in [3.8, 4) is 0 Å². The Labute approximate surface area is 390 Å². The number of nitrogens with one attached hydrogen (secondary N) is 5. The zero-order valence-corrected chi connectivity index (χ0v) is 40.3. The summed E-state index contributed by atoms with van der Waals surface area (Å²) in [6.07, 6.45) is 5.85. The number of carbonyl (C=O) groups excluding carboxylic acids is 5. The summed E-state index contributed by atoms with van der Waals surface area (Å²) in [5.41, 5.74) is 0.971. The lowest BCUT2D eigenvalue weighted by Gasteiger charge is -2.19. The first-order valence-electron chi connectivity index (χ1n) is 21.9. The lowest BCUT2D eigenvalue weighted by atomic mass is 10.1. The van der Waals surface area contributed by atoms with Crippen molar-refractivity contribution in [2.45, 2.75) is 97.2 Å². The highest BCUT2D eigenvalue weighted by atomic mass is 32.2. The lowest BCUT2D eigenvalue weighted by molar-refractivity contribution is -0.132. The molecule has 0 fully saturated rings. The van der Waals surface area contributed by atoms with Crippen LogP contribution in [0.2, 0.25) is 0 Å². The third kappa shape index (κ3) is 16.6. The summed E-state index contributed by atoms with van der Waals surface area (Å²) < 4.78 is 49.7. The van der Waals surface area contributed by atoms with Crippen LogP contribution in [0.1, 0.15) is 85.5 Å². The fourth-order valence-corrected chi connectivity index (χ4v) is 8.41. The number of anilines is 1. The zero-order valence-electron chi connectivity index (χ0n) is 39.5. The Hall–Kier alpha value is -6.61. The van der Waals surface area contributed by atoms with Crippen LogP contribution in [0.4, 0.5) is 10.7 Å². The van der Waals surface area contributed by atoms with Gasteiger partial charge in [-0.15, -0.1) is 0 Å². The molecule has 5 N–H and O–H groups in total. The SMILES string of the molecule is COC(=O)C(CNC(=O)c1cn(CCCNC(=O)CCC(=O)NCCCOCCCNC(=O)OC(C)(C)C)c2cc(CNc3nccn3C)ccc2c1=O)=NS(=O)(=O)c1c(C)cc(C)cc1C. The van der Waals surface area contributed by atoms with Crippen LogP contribution < -0.4 is 32.0 Å². The molecule has 364 valence electrons. The van der Waals surface area contributed by atoms with E-state index in [2.05, 4.69) is 36.0 Å². The van der Waals surface area contributed by atoms with Crippen molar-refractivity contribution >= 4 is 62.4 Å². The van der Waals surface area contributed by atoms with Crippen molar-refractivity contribution in [1.29, 1.82) is 0 Å². The van der Waals surface area contributed by atoms with Crippen molar-refractivity contribution in [3.05, 3.63) is 87.0 Å². The Kier molecular flexibility index (Phi) is 19.6. The van der Waals surface area contributed by atoms with Gasteiger partial charge in [0.1, 0.15) is 11.2 Å². The van der Waals surface area contributed by atoms with Gasteiger partial charge in [0.05, 0.1) is 24.1 Å². The van der Waals surface area contributed by atoms with E-state index >= 15 is 0 Å². The molecule has 0 aliphatic rings. The Balaban J connectivity index is 1.36. The standard InChI is InChI=1S/C46H63N9O11S/c1-30-24-31(2)41(32(3)25-30)67(62,63)53-36(43(60)64-8)28-51-42(59)35-29-55(37-26-33(12-13-34(37)40(35)58)27-52-44-49-19-21-54(44)7)20-9-16-47-38(56)14-15-39(57)48-17-10-22-65-23-11-18-50-45(61)66-46(4,5)6/h12-13,19,21,24-26,29H,9-11,14-18,20,22-23,27-28H2,1-8H3,(H,47,56)(H,48,57)(H,49,52)(H,50,61)(H,51,59). The summed E-state index contributed by atoms with van der Waals surface area (Å²) in [6, 6.07) is 8.52. The summed E-state index contributed by atoms with van der Waals surface area (Å²) in [6.45, 7) is 12.2. The van der Waals surface area contributed by atoms with E-state index in [0.29, 0.717) is 74.7 Å². The molecule has 0 unspecified atom stereocenters. The first kappa shape index (κ1) is 53.0. The zero-order chi connectivity index (χ0) is 49.3. The molecule has 4 rings (SSSR count). The van der Waals surface area contributed by atoms with Crippen LogP contribution in [-0.2, 0) is 58.8 Å². The monoisotopic (exact) mass is 949 g/mol. The molecule has 0 atom stereocenters. The first-order valence-corrected chi connectivity index (χ1v) is 23.4. The number of hydrogen-bond acceptors (Lipinski definition) is 13. The van der Waals surface area contributed by atoms with Crippen molar-refractivity contribution in [1.82, 2.24) is 35.4 Å². The van der Waals surface area contributed by atoms with E-state index < -0.39 is 51.3 Å². The fourth-order valence-electron chi connectivity index (χ4n) is 6.96. The number of carbonyl (C=O) groups is 5. The number of alkyl carbamates (subject to hydrolysis) is 1. The molecule has 20 nitrogen and oxygen atoms in total. The van der Waals surface area contributed by atoms with E-state index in [1.165, 1.54) is 6.20 Å². The number of imidazole rings is 1. The number of hydrogen-bond donors (Lipinski definition) is 5. The van der Waals surface area contributed by atoms with E-state index in [4.69, 9.17) is 14.2 Å². The van der Waals surface area contributed by atoms with Crippen LogP contribution in [0.5, 0.6) is 0 Å². The number of rotatable bonds is 24. The fraction of sp³-hybridized carbons (Fsp3) is 0.478. The van der Waals surface area contributed by atoms with Gasteiger partial charge in [-0.1, -0.05) is 23.8 Å². The highest BCUT2D eigenvalue weighted by molar-refractivity contribution is 7.90. The number of aromatic nitrogens is 3. The van der Waals surface area contributed by atoms with Gasteiger partial charge in [-0.2, -0.15) is 12.8 Å². The molecule has 0 spiro atoms. The maximum absolute atomic E-state index is 13.9. The van der Waals surface area contributed by atoms with Crippen LogP contribution in [0.25, 0.3) is 10.9 Å². The Morgan fingerprint density at radius 2 is 1.48 bits per heavy atom. The Bertz CT molecular complexity index is 2590. The minimum atomic E-state index is -4.42. The molecule has 0 aliphatic carbocycles. The molecule has 0 aliphatic heterocycles. The van der Waals surface area contributed by atoms with E-state index in [1.54, 1.807) is 75.8 Å². The van der Waals surface area contributed by atoms with Gasteiger partial charge in [0, 0.05) is 89.8 Å². The maximum Gasteiger partial charge on any atom is 0.407 e. The minimum absolute atomic E-state index is 0.0134. The number of aryl methyl sites for hydroxylation is 5. The smallest absolute Gasteiger partial charge is 0.407 e. The highest BCUT2D eigenvalue weighted by Crippen LogP contribution is 2.24. The topological polar surface area (TPSA) is 260 Å². The van der Waals surface area contributed by atoms with Crippen molar-refractivity contribution < 1.29 is 46.6 Å². The van der Waals surface area contributed by atoms with E-state index in [9.17, 15) is 37.2 Å². The summed E-state index contributed by atoms with van der Waals surface area (Å²) in [7, 11) is -1.52.